The molecule has 0 bridgehead atoms. The standard InChI is InChI=1S/C22H35N3O2/c1-5-14-24-15-8-11-19(24)17-12-13-20(23-16-17)25(18-9-6-7-10-18)21(26)27-22(2,3)4/h12-13,16,18-19H,5-11,14-15H2,1-4H3/t19-/m0/s1. The molecule has 1 aromatic rings. The van der Waals surface area contributed by atoms with Gasteiger partial charge in [-0.2, -0.15) is 0 Å². The SMILES string of the molecule is CCCN1CCC[C@H]1c1ccc(N(C(=O)OC(C)(C)C)C2CCCC2)nc1. The third-order valence-electron chi connectivity index (χ3n) is 5.56. The number of aromatic nitrogens is 1. The van der Waals surface area contributed by atoms with Gasteiger partial charge in [-0.25, -0.2) is 9.78 Å². The summed E-state index contributed by atoms with van der Waals surface area (Å²) in [6.45, 7) is 10.3. The van der Waals surface area contributed by atoms with Gasteiger partial charge in [0.2, 0.25) is 0 Å². The first-order valence-corrected chi connectivity index (χ1v) is 10.6. The van der Waals surface area contributed by atoms with E-state index in [1.807, 2.05) is 33.0 Å². The van der Waals surface area contributed by atoms with Gasteiger partial charge in [0.05, 0.1) is 0 Å². The van der Waals surface area contributed by atoms with Gasteiger partial charge in [-0.3, -0.25) is 9.80 Å². The van der Waals surface area contributed by atoms with E-state index in [0.717, 1.165) is 38.0 Å². The number of likely N-dealkylation sites (tertiary alicyclic amines) is 1. The van der Waals surface area contributed by atoms with E-state index in [1.54, 1.807) is 4.90 Å². The maximum atomic E-state index is 12.9. The molecule has 1 aliphatic heterocycles. The van der Waals surface area contributed by atoms with Gasteiger partial charge in [-0.15, -0.1) is 0 Å². The maximum absolute atomic E-state index is 12.9. The lowest BCUT2D eigenvalue weighted by Gasteiger charge is -2.31. The highest BCUT2D eigenvalue weighted by atomic mass is 16.6. The van der Waals surface area contributed by atoms with E-state index in [1.165, 1.54) is 31.4 Å². The zero-order valence-electron chi connectivity index (χ0n) is 17.4. The highest BCUT2D eigenvalue weighted by Gasteiger charge is 2.33. The topological polar surface area (TPSA) is 45.7 Å². The van der Waals surface area contributed by atoms with Crippen LogP contribution in [0.2, 0.25) is 0 Å². The molecule has 150 valence electrons. The monoisotopic (exact) mass is 373 g/mol. The molecule has 1 saturated carbocycles. The molecule has 1 aliphatic carbocycles. The van der Waals surface area contributed by atoms with Crippen molar-refractivity contribution in [3.05, 3.63) is 23.9 Å². The summed E-state index contributed by atoms with van der Waals surface area (Å²) < 4.78 is 5.68. The quantitative estimate of drug-likeness (QED) is 0.701. The Morgan fingerprint density at radius 2 is 1.96 bits per heavy atom. The predicted molar refractivity (Wildman–Crippen MR) is 109 cm³/mol. The van der Waals surface area contributed by atoms with Gasteiger partial charge in [0, 0.05) is 18.3 Å². The minimum absolute atomic E-state index is 0.196. The molecular formula is C22H35N3O2. The fourth-order valence-corrected chi connectivity index (χ4v) is 4.40. The molecular weight excluding hydrogens is 338 g/mol. The van der Waals surface area contributed by atoms with E-state index in [-0.39, 0.29) is 12.1 Å². The molecule has 0 aromatic carbocycles. The van der Waals surface area contributed by atoms with Crippen LogP contribution in [0.15, 0.2) is 18.3 Å². The normalized spacial score (nSPS) is 21.6. The molecule has 0 radical (unpaired) electrons. The molecule has 27 heavy (non-hydrogen) atoms. The number of rotatable bonds is 5. The van der Waals surface area contributed by atoms with E-state index in [2.05, 4.69) is 17.9 Å². The van der Waals surface area contributed by atoms with Crippen LogP contribution in [-0.2, 0) is 4.74 Å². The van der Waals surface area contributed by atoms with Crippen molar-refractivity contribution >= 4 is 11.9 Å². The first-order chi connectivity index (χ1) is 12.9. The van der Waals surface area contributed by atoms with Gasteiger partial charge in [-0.05, 0) is 77.6 Å². The number of anilines is 1. The van der Waals surface area contributed by atoms with E-state index in [9.17, 15) is 4.79 Å². The van der Waals surface area contributed by atoms with Gasteiger partial charge in [-0.1, -0.05) is 25.8 Å². The number of nitrogens with zero attached hydrogens (tertiary/aromatic N) is 3. The van der Waals surface area contributed by atoms with Crippen molar-refractivity contribution in [2.24, 2.45) is 0 Å². The number of ether oxygens (including phenoxy) is 1. The summed E-state index contributed by atoms with van der Waals surface area (Å²) in [4.78, 5) is 21.9. The van der Waals surface area contributed by atoms with E-state index < -0.39 is 5.60 Å². The van der Waals surface area contributed by atoms with Crippen LogP contribution in [0.4, 0.5) is 10.6 Å². The van der Waals surface area contributed by atoms with Gasteiger partial charge in [0.25, 0.3) is 0 Å². The number of hydrogen-bond acceptors (Lipinski definition) is 4. The molecule has 0 unspecified atom stereocenters. The second kappa shape index (κ2) is 8.59. The summed E-state index contributed by atoms with van der Waals surface area (Å²) in [6.07, 6.45) is 9.69. The highest BCUT2D eigenvalue weighted by molar-refractivity contribution is 5.87. The molecule has 2 fully saturated rings. The van der Waals surface area contributed by atoms with E-state index in [0.29, 0.717) is 6.04 Å². The molecule has 0 N–H and O–H groups in total. The van der Waals surface area contributed by atoms with Crippen LogP contribution in [0.25, 0.3) is 0 Å². The third-order valence-corrected chi connectivity index (χ3v) is 5.56. The van der Waals surface area contributed by atoms with Crippen molar-refractivity contribution in [2.75, 3.05) is 18.0 Å². The largest absolute Gasteiger partial charge is 0.443 e. The van der Waals surface area contributed by atoms with Crippen LogP contribution in [0.3, 0.4) is 0 Å². The fourth-order valence-electron chi connectivity index (χ4n) is 4.40. The second-order valence-corrected chi connectivity index (χ2v) is 8.93. The third kappa shape index (κ3) is 5.01. The van der Waals surface area contributed by atoms with Gasteiger partial charge < -0.3 is 4.74 Å². The Morgan fingerprint density at radius 1 is 1.22 bits per heavy atom. The lowest BCUT2D eigenvalue weighted by Crippen LogP contribution is -2.43. The van der Waals surface area contributed by atoms with Crippen LogP contribution >= 0.6 is 0 Å². The number of carbonyl (C=O) groups excluding carboxylic acids is 1. The van der Waals surface area contributed by atoms with E-state index in [4.69, 9.17) is 9.72 Å². The fraction of sp³-hybridized carbons (Fsp3) is 0.727. The van der Waals surface area contributed by atoms with Gasteiger partial charge in [0.1, 0.15) is 11.4 Å². The zero-order chi connectivity index (χ0) is 19.4. The summed E-state index contributed by atoms with van der Waals surface area (Å²) in [5.41, 5.74) is 0.763. The molecule has 1 saturated heterocycles. The zero-order valence-corrected chi connectivity index (χ0v) is 17.4. The first kappa shape index (κ1) is 20.1. The molecule has 2 aliphatic rings. The Balaban J connectivity index is 1.79. The minimum Gasteiger partial charge on any atom is -0.443 e. The Labute approximate surface area is 164 Å². The minimum atomic E-state index is -0.502. The van der Waals surface area contributed by atoms with Crippen molar-refractivity contribution in [2.45, 2.75) is 90.3 Å². The number of pyridine rings is 1. The van der Waals surface area contributed by atoms with Crippen LogP contribution in [0.5, 0.6) is 0 Å². The van der Waals surface area contributed by atoms with Crippen molar-refractivity contribution in [1.29, 1.82) is 0 Å². The highest BCUT2D eigenvalue weighted by Crippen LogP contribution is 2.33. The van der Waals surface area contributed by atoms with Crippen LogP contribution in [0.1, 0.15) is 84.2 Å². The van der Waals surface area contributed by atoms with Crippen molar-refractivity contribution in [3.63, 3.8) is 0 Å². The molecule has 2 heterocycles. The van der Waals surface area contributed by atoms with Crippen molar-refractivity contribution < 1.29 is 9.53 Å². The van der Waals surface area contributed by atoms with Crippen LogP contribution in [-0.4, -0.2) is 40.7 Å². The average molecular weight is 374 g/mol. The number of carbonyl (C=O) groups is 1. The molecule has 1 aromatic heterocycles. The number of hydrogen-bond donors (Lipinski definition) is 0. The molecule has 1 amide bonds. The van der Waals surface area contributed by atoms with Crippen molar-refractivity contribution in [3.8, 4) is 0 Å². The summed E-state index contributed by atoms with van der Waals surface area (Å²) in [5.74, 6) is 0.722. The lowest BCUT2D eigenvalue weighted by molar-refractivity contribution is 0.0564. The molecule has 5 nitrogen and oxygen atoms in total. The molecule has 1 atom stereocenters. The molecule has 0 spiro atoms. The van der Waals surface area contributed by atoms with Crippen LogP contribution < -0.4 is 4.90 Å². The Kier molecular flexibility index (Phi) is 6.40. The lowest BCUT2D eigenvalue weighted by atomic mass is 10.1. The molecule has 3 rings (SSSR count). The smallest absolute Gasteiger partial charge is 0.416 e. The van der Waals surface area contributed by atoms with Crippen molar-refractivity contribution in [1.82, 2.24) is 9.88 Å². The Bertz CT molecular complexity index is 617. The predicted octanol–water partition coefficient (Wildman–Crippen LogP) is 5.31. The molecule has 5 heteroatoms. The summed E-state index contributed by atoms with van der Waals surface area (Å²) in [7, 11) is 0. The van der Waals surface area contributed by atoms with Crippen LogP contribution in [0, 0.1) is 0 Å². The van der Waals surface area contributed by atoms with Gasteiger partial charge >= 0.3 is 6.09 Å². The average Bonchev–Trinajstić information content (AvgIpc) is 3.27. The maximum Gasteiger partial charge on any atom is 0.416 e. The summed E-state index contributed by atoms with van der Waals surface area (Å²) in [5, 5.41) is 0. The Morgan fingerprint density at radius 3 is 2.56 bits per heavy atom. The summed E-state index contributed by atoms with van der Waals surface area (Å²) in [6, 6.07) is 4.84. The second-order valence-electron chi connectivity index (χ2n) is 8.93. The Hall–Kier alpha value is -1.62. The van der Waals surface area contributed by atoms with E-state index >= 15 is 0 Å². The number of amides is 1. The first-order valence-electron chi connectivity index (χ1n) is 10.6. The van der Waals surface area contributed by atoms with Gasteiger partial charge in [0.15, 0.2) is 0 Å². The summed E-state index contributed by atoms with van der Waals surface area (Å²) >= 11 is 0.